The SMILES string of the molecule is COc1ccc(F)cc1C(C)(CNc1ccc2c(c1)COC2=O)CC(C)(O)CC1CCCCC1. The van der Waals surface area contributed by atoms with Crippen LogP contribution in [0.2, 0.25) is 0 Å². The second kappa shape index (κ2) is 9.95. The highest BCUT2D eigenvalue weighted by Crippen LogP contribution is 2.42. The standard InChI is InChI=1S/C28H36FNO4/c1-27(24-14-21(29)9-12-25(24)33-3,17-28(2,32)15-19-7-5-4-6-8-19)18-30-22-10-11-23-20(13-22)16-34-26(23)31/h9-14,19,30,32H,4-8,15-18H2,1-3H3. The maximum Gasteiger partial charge on any atom is 0.338 e. The molecule has 1 heterocycles. The highest BCUT2D eigenvalue weighted by atomic mass is 19.1. The first-order valence-corrected chi connectivity index (χ1v) is 12.3. The highest BCUT2D eigenvalue weighted by molar-refractivity contribution is 5.93. The number of carbonyl (C=O) groups is 1. The Balaban J connectivity index is 1.60. The summed E-state index contributed by atoms with van der Waals surface area (Å²) in [5, 5.41) is 15.0. The van der Waals surface area contributed by atoms with E-state index in [0.29, 0.717) is 30.2 Å². The van der Waals surface area contributed by atoms with Gasteiger partial charge in [-0.1, -0.05) is 39.0 Å². The lowest BCUT2D eigenvalue weighted by atomic mass is 9.70. The fourth-order valence-electron chi connectivity index (χ4n) is 5.87. The first-order valence-electron chi connectivity index (χ1n) is 12.3. The van der Waals surface area contributed by atoms with Crippen LogP contribution in [0.1, 0.15) is 80.3 Å². The zero-order chi connectivity index (χ0) is 24.3. The average molecular weight is 470 g/mol. The topological polar surface area (TPSA) is 67.8 Å². The van der Waals surface area contributed by atoms with Gasteiger partial charge in [0, 0.05) is 28.8 Å². The van der Waals surface area contributed by atoms with E-state index in [0.717, 1.165) is 36.1 Å². The molecule has 0 saturated heterocycles. The molecule has 2 aromatic rings. The highest BCUT2D eigenvalue weighted by Gasteiger charge is 2.39. The van der Waals surface area contributed by atoms with Gasteiger partial charge in [-0.2, -0.15) is 0 Å². The predicted molar refractivity (Wildman–Crippen MR) is 131 cm³/mol. The molecule has 1 aliphatic carbocycles. The Kier molecular flexibility index (Phi) is 7.17. The summed E-state index contributed by atoms with van der Waals surface area (Å²) in [6.45, 7) is 4.69. The summed E-state index contributed by atoms with van der Waals surface area (Å²) in [5.74, 6) is 0.494. The van der Waals surface area contributed by atoms with Gasteiger partial charge in [-0.3, -0.25) is 0 Å². The number of nitrogens with one attached hydrogen (secondary N) is 1. The van der Waals surface area contributed by atoms with Crippen LogP contribution in [0.5, 0.6) is 5.75 Å². The molecule has 0 aromatic heterocycles. The first-order chi connectivity index (χ1) is 16.2. The molecule has 2 aromatic carbocycles. The fraction of sp³-hybridized carbons (Fsp3) is 0.536. The Labute approximate surface area is 201 Å². The predicted octanol–water partition coefficient (Wildman–Crippen LogP) is 5.99. The Morgan fingerprint density at radius 1 is 1.15 bits per heavy atom. The number of aliphatic hydroxyl groups is 1. The molecule has 34 heavy (non-hydrogen) atoms. The largest absolute Gasteiger partial charge is 0.496 e. The van der Waals surface area contributed by atoms with E-state index in [1.165, 1.54) is 31.4 Å². The Morgan fingerprint density at radius 3 is 2.65 bits per heavy atom. The molecule has 0 bridgehead atoms. The van der Waals surface area contributed by atoms with Crippen LogP contribution in [0.4, 0.5) is 10.1 Å². The maximum atomic E-state index is 14.4. The quantitative estimate of drug-likeness (QED) is 0.442. The lowest BCUT2D eigenvalue weighted by Crippen LogP contribution is -2.42. The number of hydrogen-bond acceptors (Lipinski definition) is 5. The number of halogens is 1. The zero-order valence-electron chi connectivity index (χ0n) is 20.5. The number of rotatable bonds is 9. The molecule has 0 radical (unpaired) electrons. The van der Waals surface area contributed by atoms with Crippen LogP contribution in [0.3, 0.4) is 0 Å². The Morgan fingerprint density at radius 2 is 1.91 bits per heavy atom. The number of benzene rings is 2. The second-order valence-corrected chi connectivity index (χ2v) is 10.6. The van der Waals surface area contributed by atoms with E-state index in [9.17, 15) is 14.3 Å². The van der Waals surface area contributed by atoms with Gasteiger partial charge in [0.15, 0.2) is 0 Å². The van der Waals surface area contributed by atoms with Crippen LogP contribution in [-0.2, 0) is 16.8 Å². The number of methoxy groups -OCH3 is 1. The van der Waals surface area contributed by atoms with E-state index >= 15 is 0 Å². The van der Waals surface area contributed by atoms with Gasteiger partial charge in [0.1, 0.15) is 18.2 Å². The summed E-state index contributed by atoms with van der Waals surface area (Å²) in [6.07, 6.45) is 7.23. The number of anilines is 1. The van der Waals surface area contributed by atoms with Crippen molar-refractivity contribution in [2.45, 2.75) is 76.4 Å². The number of fused-ring (bicyclic) bond motifs is 1. The smallest absolute Gasteiger partial charge is 0.338 e. The van der Waals surface area contributed by atoms with Crippen LogP contribution in [-0.4, -0.2) is 30.3 Å². The number of cyclic esters (lactones) is 1. The van der Waals surface area contributed by atoms with Crippen LogP contribution in [0.15, 0.2) is 36.4 Å². The lowest BCUT2D eigenvalue weighted by Gasteiger charge is -2.40. The molecular formula is C28H36FNO4. The summed E-state index contributed by atoms with van der Waals surface area (Å²) in [5.41, 5.74) is 1.50. The van der Waals surface area contributed by atoms with E-state index in [1.807, 2.05) is 26.0 Å². The van der Waals surface area contributed by atoms with Gasteiger partial charge in [-0.05, 0) is 62.1 Å². The molecule has 2 N–H and O–H groups in total. The Hall–Kier alpha value is -2.60. The normalized spacial score (nSPS) is 19.6. The van der Waals surface area contributed by atoms with Crippen molar-refractivity contribution >= 4 is 11.7 Å². The van der Waals surface area contributed by atoms with Crippen molar-refractivity contribution in [3.8, 4) is 5.75 Å². The van der Waals surface area contributed by atoms with Crippen molar-refractivity contribution in [2.24, 2.45) is 5.92 Å². The lowest BCUT2D eigenvalue weighted by molar-refractivity contribution is 0.00199. The van der Waals surface area contributed by atoms with Gasteiger partial charge in [-0.15, -0.1) is 0 Å². The third-order valence-electron chi connectivity index (χ3n) is 7.40. The fourth-order valence-corrected chi connectivity index (χ4v) is 5.87. The molecule has 4 rings (SSSR count). The van der Waals surface area contributed by atoms with Crippen LogP contribution < -0.4 is 10.1 Å². The van der Waals surface area contributed by atoms with Gasteiger partial charge >= 0.3 is 5.97 Å². The molecule has 1 aliphatic heterocycles. The van der Waals surface area contributed by atoms with Crippen molar-refractivity contribution in [2.75, 3.05) is 19.0 Å². The van der Waals surface area contributed by atoms with E-state index in [-0.39, 0.29) is 18.4 Å². The number of ether oxygens (including phenoxy) is 2. The molecule has 5 nitrogen and oxygen atoms in total. The van der Waals surface area contributed by atoms with Crippen molar-refractivity contribution in [1.82, 2.24) is 0 Å². The van der Waals surface area contributed by atoms with Gasteiger partial charge < -0.3 is 19.9 Å². The van der Waals surface area contributed by atoms with Crippen molar-refractivity contribution in [3.05, 3.63) is 58.9 Å². The van der Waals surface area contributed by atoms with Crippen molar-refractivity contribution in [3.63, 3.8) is 0 Å². The average Bonchev–Trinajstić information content (AvgIpc) is 3.18. The maximum absolute atomic E-state index is 14.4. The van der Waals surface area contributed by atoms with Crippen LogP contribution in [0, 0.1) is 11.7 Å². The van der Waals surface area contributed by atoms with Crippen molar-refractivity contribution < 1.29 is 23.8 Å². The number of esters is 1. The first kappa shape index (κ1) is 24.5. The third-order valence-corrected chi connectivity index (χ3v) is 7.40. The van der Waals surface area contributed by atoms with Crippen molar-refractivity contribution in [1.29, 1.82) is 0 Å². The molecule has 0 spiro atoms. The second-order valence-electron chi connectivity index (χ2n) is 10.6. The van der Waals surface area contributed by atoms with Gasteiger partial charge in [0.25, 0.3) is 0 Å². The van der Waals surface area contributed by atoms with Crippen LogP contribution in [0.25, 0.3) is 0 Å². The monoisotopic (exact) mass is 469 g/mol. The Bertz CT molecular complexity index is 1030. The van der Waals surface area contributed by atoms with E-state index in [1.54, 1.807) is 19.2 Å². The third kappa shape index (κ3) is 5.54. The minimum atomic E-state index is -0.909. The summed E-state index contributed by atoms with van der Waals surface area (Å²) >= 11 is 0. The summed E-state index contributed by atoms with van der Waals surface area (Å²) in [4.78, 5) is 11.8. The van der Waals surface area contributed by atoms with E-state index < -0.39 is 11.0 Å². The molecule has 184 valence electrons. The molecule has 6 heteroatoms. The minimum Gasteiger partial charge on any atom is -0.496 e. The van der Waals surface area contributed by atoms with Gasteiger partial charge in [-0.25, -0.2) is 9.18 Å². The molecule has 2 atom stereocenters. The zero-order valence-corrected chi connectivity index (χ0v) is 20.5. The van der Waals surface area contributed by atoms with Gasteiger partial charge in [0.2, 0.25) is 0 Å². The molecular weight excluding hydrogens is 433 g/mol. The number of carbonyl (C=O) groups excluding carboxylic acids is 1. The molecule has 0 amide bonds. The summed E-state index contributed by atoms with van der Waals surface area (Å²) < 4.78 is 25.1. The number of hydrogen-bond donors (Lipinski definition) is 2. The van der Waals surface area contributed by atoms with Crippen LogP contribution >= 0.6 is 0 Å². The minimum absolute atomic E-state index is 0.273. The molecule has 1 fully saturated rings. The van der Waals surface area contributed by atoms with Gasteiger partial charge in [0.05, 0.1) is 18.3 Å². The van der Waals surface area contributed by atoms with E-state index in [4.69, 9.17) is 9.47 Å². The molecule has 2 aliphatic rings. The molecule has 2 unspecified atom stereocenters. The summed E-state index contributed by atoms with van der Waals surface area (Å²) in [7, 11) is 1.59. The molecule has 1 saturated carbocycles. The summed E-state index contributed by atoms with van der Waals surface area (Å²) in [6, 6.07) is 10.1. The van der Waals surface area contributed by atoms with E-state index in [2.05, 4.69) is 5.32 Å².